The predicted molar refractivity (Wildman–Crippen MR) is 79.6 cm³/mol. The van der Waals surface area contributed by atoms with E-state index in [1.54, 1.807) is 0 Å². The molecule has 0 bridgehead atoms. The van der Waals surface area contributed by atoms with E-state index in [4.69, 9.17) is 5.73 Å². The zero-order chi connectivity index (χ0) is 13.8. The topological polar surface area (TPSA) is 59.2 Å². The maximum atomic E-state index is 12.5. The molecule has 106 valence electrons. The van der Waals surface area contributed by atoms with Gasteiger partial charge in [-0.05, 0) is 26.7 Å². The lowest BCUT2D eigenvalue weighted by Crippen LogP contribution is -2.30. The molecule has 0 saturated heterocycles. The van der Waals surface area contributed by atoms with Gasteiger partial charge in [0.1, 0.15) is 4.88 Å². The minimum Gasteiger partial charge on any atom is -0.375 e. The number of hydrogen-bond donors (Lipinski definition) is 1. The fourth-order valence-electron chi connectivity index (χ4n) is 2.81. The second-order valence-corrected chi connectivity index (χ2v) is 6.11. The minimum atomic E-state index is 0.0970. The molecule has 5 heteroatoms. The van der Waals surface area contributed by atoms with E-state index in [2.05, 4.69) is 4.98 Å². The van der Waals surface area contributed by atoms with E-state index in [9.17, 15) is 4.79 Å². The predicted octanol–water partition coefficient (Wildman–Crippen LogP) is 3.26. The standard InChI is InChI=1S/C14H23N3OS/c1-3-17(4-2)13(18)12-11(16-14(15)19-12)10-8-6-5-7-9-10/h10H,3-9H2,1-2H3,(H2,15,16). The third-order valence-electron chi connectivity index (χ3n) is 3.91. The normalized spacial score (nSPS) is 16.5. The zero-order valence-electron chi connectivity index (χ0n) is 11.8. The summed E-state index contributed by atoms with van der Waals surface area (Å²) in [6.45, 7) is 5.48. The van der Waals surface area contributed by atoms with Crippen molar-refractivity contribution in [1.29, 1.82) is 0 Å². The summed E-state index contributed by atoms with van der Waals surface area (Å²) in [5, 5.41) is 0.524. The molecule has 2 N–H and O–H groups in total. The smallest absolute Gasteiger partial charge is 0.265 e. The molecule has 0 radical (unpaired) electrons. The summed E-state index contributed by atoms with van der Waals surface area (Å²) in [5.74, 6) is 0.525. The highest BCUT2D eigenvalue weighted by atomic mass is 32.1. The van der Waals surface area contributed by atoms with Crippen molar-refractivity contribution in [3.05, 3.63) is 10.6 Å². The van der Waals surface area contributed by atoms with Crippen molar-refractivity contribution in [1.82, 2.24) is 9.88 Å². The van der Waals surface area contributed by atoms with Gasteiger partial charge in [-0.1, -0.05) is 30.6 Å². The SMILES string of the molecule is CCN(CC)C(=O)c1sc(N)nc1C1CCCCC1. The molecule has 0 aliphatic heterocycles. The van der Waals surface area contributed by atoms with E-state index in [0.717, 1.165) is 36.5 Å². The largest absolute Gasteiger partial charge is 0.375 e. The first-order chi connectivity index (χ1) is 9.17. The molecule has 0 spiro atoms. The number of nitrogens with zero attached hydrogens (tertiary/aromatic N) is 2. The minimum absolute atomic E-state index is 0.0970. The molecule has 0 atom stereocenters. The number of nitrogen functional groups attached to an aromatic ring is 1. The van der Waals surface area contributed by atoms with E-state index in [1.165, 1.54) is 30.6 Å². The summed E-state index contributed by atoms with van der Waals surface area (Å²) in [4.78, 5) is 19.6. The van der Waals surface area contributed by atoms with Crippen LogP contribution in [0.2, 0.25) is 0 Å². The lowest BCUT2D eigenvalue weighted by molar-refractivity contribution is 0.0775. The maximum Gasteiger partial charge on any atom is 0.265 e. The van der Waals surface area contributed by atoms with Crippen LogP contribution in [0.4, 0.5) is 5.13 Å². The molecule has 4 nitrogen and oxygen atoms in total. The molecule has 1 aliphatic rings. The fourth-order valence-corrected chi connectivity index (χ4v) is 3.70. The van der Waals surface area contributed by atoms with Crippen molar-refractivity contribution in [2.24, 2.45) is 0 Å². The second-order valence-electron chi connectivity index (χ2n) is 5.08. The summed E-state index contributed by atoms with van der Waals surface area (Å²) in [6, 6.07) is 0. The van der Waals surface area contributed by atoms with Crippen LogP contribution in [-0.2, 0) is 0 Å². The van der Waals surface area contributed by atoms with Gasteiger partial charge in [-0.2, -0.15) is 0 Å². The van der Waals surface area contributed by atoms with Gasteiger partial charge in [-0.3, -0.25) is 4.79 Å². The molecule has 1 saturated carbocycles. The first-order valence-corrected chi connectivity index (χ1v) is 8.04. The van der Waals surface area contributed by atoms with Gasteiger partial charge >= 0.3 is 0 Å². The highest BCUT2D eigenvalue weighted by Gasteiger charge is 2.27. The van der Waals surface area contributed by atoms with Crippen LogP contribution in [0.25, 0.3) is 0 Å². The monoisotopic (exact) mass is 281 g/mol. The zero-order valence-corrected chi connectivity index (χ0v) is 12.6. The Morgan fingerprint density at radius 2 is 1.95 bits per heavy atom. The van der Waals surface area contributed by atoms with Gasteiger partial charge in [0.2, 0.25) is 0 Å². The van der Waals surface area contributed by atoms with Crippen LogP contribution in [0.1, 0.15) is 67.2 Å². The van der Waals surface area contributed by atoms with Crippen molar-refractivity contribution in [2.45, 2.75) is 51.9 Å². The first-order valence-electron chi connectivity index (χ1n) is 7.22. The molecule has 1 amide bonds. The van der Waals surface area contributed by atoms with Crippen LogP contribution < -0.4 is 5.73 Å². The Morgan fingerprint density at radius 1 is 1.32 bits per heavy atom. The summed E-state index contributed by atoms with van der Waals surface area (Å²) in [7, 11) is 0. The van der Waals surface area contributed by atoms with Crippen LogP contribution in [0.3, 0.4) is 0 Å². The third kappa shape index (κ3) is 3.08. The molecule has 1 heterocycles. The van der Waals surface area contributed by atoms with E-state index in [0.29, 0.717) is 11.0 Å². The highest BCUT2D eigenvalue weighted by Crippen LogP contribution is 2.37. The molecule has 1 aliphatic carbocycles. The lowest BCUT2D eigenvalue weighted by Gasteiger charge is -2.23. The number of rotatable bonds is 4. The number of nitrogens with two attached hydrogens (primary N) is 1. The molecule has 0 unspecified atom stereocenters. The number of anilines is 1. The summed E-state index contributed by atoms with van der Waals surface area (Å²) in [6.07, 6.45) is 6.06. The molecule has 1 aromatic rings. The fraction of sp³-hybridized carbons (Fsp3) is 0.714. The Balaban J connectivity index is 2.26. The summed E-state index contributed by atoms with van der Waals surface area (Å²) < 4.78 is 0. The van der Waals surface area contributed by atoms with Gasteiger partial charge < -0.3 is 10.6 Å². The number of amides is 1. The van der Waals surface area contributed by atoms with Crippen LogP contribution in [-0.4, -0.2) is 28.9 Å². The van der Waals surface area contributed by atoms with Gasteiger partial charge in [-0.15, -0.1) is 0 Å². The van der Waals surface area contributed by atoms with Crippen molar-refractivity contribution in [2.75, 3.05) is 18.8 Å². The van der Waals surface area contributed by atoms with Crippen molar-refractivity contribution < 1.29 is 4.79 Å². The van der Waals surface area contributed by atoms with Crippen molar-refractivity contribution >= 4 is 22.4 Å². The number of carbonyl (C=O) groups excluding carboxylic acids is 1. The molecule has 19 heavy (non-hydrogen) atoms. The number of carbonyl (C=O) groups is 1. The lowest BCUT2D eigenvalue weighted by atomic mass is 9.86. The van der Waals surface area contributed by atoms with Crippen molar-refractivity contribution in [3.8, 4) is 0 Å². The molecule has 0 aromatic carbocycles. The van der Waals surface area contributed by atoms with Gasteiger partial charge in [0.05, 0.1) is 5.69 Å². The van der Waals surface area contributed by atoms with Crippen LogP contribution >= 0.6 is 11.3 Å². The Morgan fingerprint density at radius 3 is 2.53 bits per heavy atom. The van der Waals surface area contributed by atoms with E-state index >= 15 is 0 Å². The Kier molecular flexibility index (Phi) is 4.80. The quantitative estimate of drug-likeness (QED) is 0.921. The summed E-state index contributed by atoms with van der Waals surface area (Å²) in [5.41, 5.74) is 6.80. The first kappa shape index (κ1) is 14.3. The number of thiazole rings is 1. The highest BCUT2D eigenvalue weighted by molar-refractivity contribution is 7.17. The number of hydrogen-bond acceptors (Lipinski definition) is 4. The Hall–Kier alpha value is -1.10. The van der Waals surface area contributed by atoms with Crippen molar-refractivity contribution in [3.63, 3.8) is 0 Å². The van der Waals surface area contributed by atoms with Gasteiger partial charge in [0.15, 0.2) is 5.13 Å². The van der Waals surface area contributed by atoms with Gasteiger partial charge in [-0.25, -0.2) is 4.98 Å². The maximum absolute atomic E-state index is 12.5. The molecular weight excluding hydrogens is 258 g/mol. The Labute approximate surface area is 119 Å². The molecule has 1 fully saturated rings. The van der Waals surface area contributed by atoms with Gasteiger partial charge in [0.25, 0.3) is 5.91 Å². The van der Waals surface area contributed by atoms with Crippen LogP contribution in [0.5, 0.6) is 0 Å². The van der Waals surface area contributed by atoms with E-state index in [1.807, 2.05) is 18.7 Å². The van der Waals surface area contributed by atoms with Gasteiger partial charge in [0, 0.05) is 19.0 Å². The average Bonchev–Trinajstić information content (AvgIpc) is 2.83. The van der Waals surface area contributed by atoms with E-state index in [-0.39, 0.29) is 5.91 Å². The van der Waals surface area contributed by atoms with Crippen LogP contribution in [0.15, 0.2) is 0 Å². The van der Waals surface area contributed by atoms with E-state index < -0.39 is 0 Å². The molecule has 1 aromatic heterocycles. The molecular formula is C14H23N3OS. The average molecular weight is 281 g/mol. The summed E-state index contributed by atoms with van der Waals surface area (Å²) >= 11 is 1.35. The second kappa shape index (κ2) is 6.37. The third-order valence-corrected chi connectivity index (χ3v) is 4.79. The number of aromatic nitrogens is 1. The van der Waals surface area contributed by atoms with Crippen LogP contribution in [0, 0.1) is 0 Å². The molecule has 2 rings (SSSR count). The Bertz CT molecular complexity index is 434.